The minimum Gasteiger partial charge on any atom is -0.497 e. The van der Waals surface area contributed by atoms with Crippen molar-refractivity contribution >= 4 is 17.5 Å². The molecule has 1 N–H and O–H groups in total. The number of ether oxygens (including phenoxy) is 3. The monoisotopic (exact) mass is 386 g/mol. The fourth-order valence-electron chi connectivity index (χ4n) is 3.07. The third kappa shape index (κ3) is 5.03. The normalized spacial score (nSPS) is 13.8. The zero-order valence-electron chi connectivity index (χ0n) is 16.5. The van der Waals surface area contributed by atoms with Crippen molar-refractivity contribution in [3.63, 3.8) is 0 Å². The van der Waals surface area contributed by atoms with Gasteiger partial charge in [0, 0.05) is 30.9 Å². The van der Waals surface area contributed by atoms with Crippen molar-refractivity contribution in [2.75, 3.05) is 44.1 Å². The maximum Gasteiger partial charge on any atom is 0.262 e. The number of methoxy groups -OCH3 is 2. The smallest absolute Gasteiger partial charge is 0.262 e. The molecule has 0 atom stereocenters. The molecule has 1 fully saturated rings. The molecule has 2 aromatic rings. The number of anilines is 2. The summed E-state index contributed by atoms with van der Waals surface area (Å²) < 4.78 is 16.1. The molecule has 3 rings (SSSR count). The first kappa shape index (κ1) is 19.7. The summed E-state index contributed by atoms with van der Waals surface area (Å²) in [4.78, 5) is 23.5. The van der Waals surface area contributed by atoms with E-state index in [0.717, 1.165) is 31.6 Å². The molecule has 8 nitrogen and oxygen atoms in total. The number of benzene rings is 1. The van der Waals surface area contributed by atoms with Gasteiger partial charge < -0.3 is 24.4 Å². The Labute approximate surface area is 164 Å². The van der Waals surface area contributed by atoms with Crippen LogP contribution in [0.2, 0.25) is 0 Å². The molecule has 0 spiro atoms. The predicted molar refractivity (Wildman–Crippen MR) is 107 cm³/mol. The van der Waals surface area contributed by atoms with E-state index < -0.39 is 0 Å². The van der Waals surface area contributed by atoms with Crippen molar-refractivity contribution in [2.45, 2.75) is 26.2 Å². The lowest BCUT2D eigenvalue weighted by Gasteiger charge is -2.26. The maximum absolute atomic E-state index is 12.3. The standard InChI is InChI=1S/C20H26N4O4/c1-14-11-19(23-20(21-14)24-9-5-4-6-10-24)28-13-18(25)22-16-12-15(26-2)7-8-17(16)27-3/h7-8,11-12H,4-6,9-10,13H2,1-3H3,(H,22,25). The maximum atomic E-state index is 12.3. The van der Waals surface area contributed by atoms with E-state index in [1.165, 1.54) is 6.42 Å². The predicted octanol–water partition coefficient (Wildman–Crippen LogP) is 2.81. The first-order valence-corrected chi connectivity index (χ1v) is 9.34. The second kappa shape index (κ2) is 9.25. The summed E-state index contributed by atoms with van der Waals surface area (Å²) >= 11 is 0. The van der Waals surface area contributed by atoms with Crippen LogP contribution in [0.25, 0.3) is 0 Å². The number of aromatic nitrogens is 2. The lowest BCUT2D eigenvalue weighted by molar-refractivity contribution is -0.118. The SMILES string of the molecule is COc1ccc(OC)c(NC(=O)COc2cc(C)nc(N3CCCCC3)n2)c1. The number of rotatable bonds is 7. The molecular formula is C20H26N4O4. The zero-order chi connectivity index (χ0) is 19.9. The highest BCUT2D eigenvalue weighted by molar-refractivity contribution is 5.93. The van der Waals surface area contributed by atoms with Crippen molar-refractivity contribution < 1.29 is 19.0 Å². The lowest BCUT2D eigenvalue weighted by atomic mass is 10.1. The number of hydrogen-bond acceptors (Lipinski definition) is 7. The van der Waals surface area contributed by atoms with E-state index in [9.17, 15) is 4.79 Å². The molecule has 1 aliphatic rings. The van der Waals surface area contributed by atoms with Crippen molar-refractivity contribution in [1.29, 1.82) is 0 Å². The number of amides is 1. The number of nitrogens with zero attached hydrogens (tertiary/aromatic N) is 3. The minimum absolute atomic E-state index is 0.170. The summed E-state index contributed by atoms with van der Waals surface area (Å²) in [5.74, 6) is 1.89. The van der Waals surface area contributed by atoms with Crippen LogP contribution in [-0.2, 0) is 4.79 Å². The topological polar surface area (TPSA) is 85.8 Å². The van der Waals surface area contributed by atoms with Crippen LogP contribution >= 0.6 is 0 Å². The highest BCUT2D eigenvalue weighted by Crippen LogP contribution is 2.28. The van der Waals surface area contributed by atoms with Gasteiger partial charge in [0.25, 0.3) is 5.91 Å². The number of hydrogen-bond donors (Lipinski definition) is 1. The Hall–Kier alpha value is -3.03. The third-order valence-electron chi connectivity index (χ3n) is 4.49. The average Bonchev–Trinajstić information content (AvgIpc) is 2.72. The van der Waals surface area contributed by atoms with Gasteiger partial charge >= 0.3 is 0 Å². The molecule has 0 radical (unpaired) electrons. The first-order valence-electron chi connectivity index (χ1n) is 9.34. The van der Waals surface area contributed by atoms with E-state index in [2.05, 4.69) is 20.2 Å². The summed E-state index contributed by atoms with van der Waals surface area (Å²) in [5, 5.41) is 2.78. The van der Waals surface area contributed by atoms with E-state index in [1.54, 1.807) is 38.5 Å². The van der Waals surface area contributed by atoms with Crippen LogP contribution in [0.15, 0.2) is 24.3 Å². The highest BCUT2D eigenvalue weighted by Gasteiger charge is 2.16. The second-order valence-electron chi connectivity index (χ2n) is 6.60. The van der Waals surface area contributed by atoms with Gasteiger partial charge in [-0.25, -0.2) is 4.98 Å². The second-order valence-corrected chi connectivity index (χ2v) is 6.60. The number of carbonyl (C=O) groups is 1. The molecule has 1 aromatic carbocycles. The van der Waals surface area contributed by atoms with Crippen LogP contribution in [-0.4, -0.2) is 49.8 Å². The Bertz CT molecular complexity index is 822. The summed E-state index contributed by atoms with van der Waals surface area (Å²) in [7, 11) is 3.10. The van der Waals surface area contributed by atoms with Gasteiger partial charge in [0.05, 0.1) is 19.9 Å². The molecule has 0 unspecified atom stereocenters. The Morgan fingerprint density at radius 3 is 2.61 bits per heavy atom. The van der Waals surface area contributed by atoms with Crippen molar-refractivity contribution in [1.82, 2.24) is 9.97 Å². The lowest BCUT2D eigenvalue weighted by Crippen LogP contribution is -2.31. The van der Waals surface area contributed by atoms with E-state index >= 15 is 0 Å². The minimum atomic E-state index is -0.317. The van der Waals surface area contributed by atoms with Crippen molar-refractivity contribution in [3.05, 3.63) is 30.0 Å². The van der Waals surface area contributed by atoms with Crippen LogP contribution in [0, 0.1) is 6.92 Å². The molecule has 1 aliphatic heterocycles. The summed E-state index contributed by atoms with van der Waals surface area (Å²) in [6, 6.07) is 6.91. The van der Waals surface area contributed by atoms with E-state index in [1.807, 2.05) is 6.92 Å². The molecule has 0 aliphatic carbocycles. The molecule has 150 valence electrons. The van der Waals surface area contributed by atoms with Crippen LogP contribution in [0.1, 0.15) is 25.0 Å². The number of piperidine rings is 1. The molecule has 28 heavy (non-hydrogen) atoms. The molecule has 0 bridgehead atoms. The molecular weight excluding hydrogens is 360 g/mol. The van der Waals surface area contributed by atoms with Crippen LogP contribution in [0.5, 0.6) is 17.4 Å². The van der Waals surface area contributed by atoms with Crippen LogP contribution in [0.3, 0.4) is 0 Å². The van der Waals surface area contributed by atoms with Crippen LogP contribution < -0.4 is 24.4 Å². The average molecular weight is 386 g/mol. The van der Waals surface area contributed by atoms with Gasteiger partial charge in [0.15, 0.2) is 6.61 Å². The van der Waals surface area contributed by atoms with Gasteiger partial charge in [-0.15, -0.1) is 0 Å². The fourth-order valence-corrected chi connectivity index (χ4v) is 3.07. The molecule has 1 aromatic heterocycles. The van der Waals surface area contributed by atoms with Gasteiger partial charge in [-0.2, -0.15) is 4.98 Å². The molecule has 1 saturated heterocycles. The third-order valence-corrected chi connectivity index (χ3v) is 4.49. The van der Waals surface area contributed by atoms with Gasteiger partial charge in [0.1, 0.15) is 11.5 Å². The highest BCUT2D eigenvalue weighted by atomic mass is 16.5. The fraction of sp³-hybridized carbons (Fsp3) is 0.450. The van der Waals surface area contributed by atoms with Crippen LogP contribution in [0.4, 0.5) is 11.6 Å². The largest absolute Gasteiger partial charge is 0.497 e. The van der Waals surface area contributed by atoms with Crippen molar-refractivity contribution in [3.8, 4) is 17.4 Å². The Balaban J connectivity index is 1.64. The van der Waals surface area contributed by atoms with Crippen molar-refractivity contribution in [2.24, 2.45) is 0 Å². The Morgan fingerprint density at radius 1 is 1.11 bits per heavy atom. The summed E-state index contributed by atoms with van der Waals surface area (Å²) in [5.41, 5.74) is 1.32. The number of aryl methyl sites for hydroxylation is 1. The van der Waals surface area contributed by atoms with Gasteiger partial charge in [-0.3, -0.25) is 4.79 Å². The summed E-state index contributed by atoms with van der Waals surface area (Å²) in [6.07, 6.45) is 3.51. The first-order chi connectivity index (χ1) is 13.6. The van der Waals surface area contributed by atoms with Gasteiger partial charge in [-0.1, -0.05) is 0 Å². The van der Waals surface area contributed by atoms with E-state index in [-0.39, 0.29) is 12.5 Å². The number of nitrogens with one attached hydrogen (secondary N) is 1. The number of carbonyl (C=O) groups excluding carboxylic acids is 1. The van der Waals surface area contributed by atoms with E-state index in [4.69, 9.17) is 14.2 Å². The molecule has 0 saturated carbocycles. The van der Waals surface area contributed by atoms with Gasteiger partial charge in [-0.05, 0) is 38.3 Å². The zero-order valence-corrected chi connectivity index (χ0v) is 16.5. The van der Waals surface area contributed by atoms with Gasteiger partial charge in [0.2, 0.25) is 11.8 Å². The Morgan fingerprint density at radius 2 is 1.89 bits per heavy atom. The molecule has 8 heteroatoms. The quantitative estimate of drug-likeness (QED) is 0.783. The summed E-state index contributed by atoms with van der Waals surface area (Å²) in [6.45, 7) is 3.61. The molecule has 2 heterocycles. The Kier molecular flexibility index (Phi) is 6.52. The van der Waals surface area contributed by atoms with E-state index in [0.29, 0.717) is 29.0 Å². The molecule has 1 amide bonds.